The maximum Gasteiger partial charge on any atom is 0.244 e. The first-order chi connectivity index (χ1) is 8.61. The van der Waals surface area contributed by atoms with E-state index in [0.717, 1.165) is 0 Å². The van der Waals surface area contributed by atoms with Gasteiger partial charge < -0.3 is 4.74 Å². The zero-order chi connectivity index (χ0) is 13.1. The highest BCUT2D eigenvalue weighted by molar-refractivity contribution is 8.15. The van der Waals surface area contributed by atoms with Crippen LogP contribution in [0.1, 0.15) is 6.92 Å². The molecule has 1 fully saturated rings. The van der Waals surface area contributed by atoms with E-state index >= 15 is 0 Å². The van der Waals surface area contributed by atoms with Crippen LogP contribution >= 0.6 is 11.8 Å². The van der Waals surface area contributed by atoms with Gasteiger partial charge in [0.15, 0.2) is 5.17 Å². The zero-order valence-electron chi connectivity index (χ0n) is 10.0. The van der Waals surface area contributed by atoms with Gasteiger partial charge in [-0.2, -0.15) is 4.99 Å². The predicted octanol–water partition coefficient (Wildman–Crippen LogP) is 1.68. The lowest BCUT2D eigenvalue weighted by atomic mass is 10.3. The van der Waals surface area contributed by atoms with Gasteiger partial charge in [0, 0.05) is 6.92 Å². The molecule has 0 N–H and O–H groups in total. The fourth-order valence-electron chi connectivity index (χ4n) is 1.56. The lowest BCUT2D eigenvalue weighted by Crippen LogP contribution is -2.29. The Balaban J connectivity index is 2.33. The number of ether oxygens (including phenoxy) is 1. The van der Waals surface area contributed by atoms with E-state index in [-0.39, 0.29) is 11.8 Å². The summed E-state index contributed by atoms with van der Waals surface area (Å²) in [7, 11) is 1.58. The second-order valence-electron chi connectivity index (χ2n) is 3.63. The minimum absolute atomic E-state index is 0.0785. The highest BCUT2D eigenvalue weighted by Gasteiger charge is 2.29. The number of methoxy groups -OCH3 is 1. The molecule has 0 aromatic heterocycles. The summed E-state index contributed by atoms with van der Waals surface area (Å²) in [6.45, 7) is 1.36. The molecular formula is C12H12N2O3S. The Labute approximate surface area is 109 Å². The summed E-state index contributed by atoms with van der Waals surface area (Å²) >= 11 is 1.27. The summed E-state index contributed by atoms with van der Waals surface area (Å²) in [6.07, 6.45) is 0. The second-order valence-corrected chi connectivity index (χ2v) is 4.57. The Hall–Kier alpha value is -1.82. The Bertz CT molecular complexity index is 511. The molecule has 94 valence electrons. The second kappa shape index (κ2) is 5.22. The first kappa shape index (κ1) is 12.6. The lowest BCUT2D eigenvalue weighted by Gasteiger charge is -2.15. The van der Waals surface area contributed by atoms with Gasteiger partial charge in [0.1, 0.15) is 5.75 Å². The topological polar surface area (TPSA) is 59.0 Å². The molecule has 0 radical (unpaired) electrons. The van der Waals surface area contributed by atoms with Crippen molar-refractivity contribution in [3.63, 3.8) is 0 Å². The smallest absolute Gasteiger partial charge is 0.244 e. The number of amides is 2. The summed E-state index contributed by atoms with van der Waals surface area (Å²) in [4.78, 5) is 28.1. The Morgan fingerprint density at radius 2 is 2.06 bits per heavy atom. The van der Waals surface area contributed by atoms with E-state index in [9.17, 15) is 9.59 Å². The molecule has 18 heavy (non-hydrogen) atoms. The van der Waals surface area contributed by atoms with E-state index in [1.54, 1.807) is 31.4 Å². The third-order valence-corrected chi connectivity index (χ3v) is 3.27. The standard InChI is InChI=1S/C12H12N2O3S/c1-8(15)13-12-14(11(16)7-18-12)9-3-5-10(17-2)6-4-9/h3-6H,7H2,1-2H3. The van der Waals surface area contributed by atoms with E-state index in [1.165, 1.54) is 23.6 Å². The van der Waals surface area contributed by atoms with Gasteiger partial charge in [-0.3, -0.25) is 14.5 Å². The minimum Gasteiger partial charge on any atom is -0.497 e. The molecule has 1 saturated heterocycles. The number of carbonyl (C=O) groups excluding carboxylic acids is 2. The van der Waals surface area contributed by atoms with Crippen LogP contribution in [0.25, 0.3) is 0 Å². The molecule has 2 rings (SSSR count). The number of anilines is 1. The van der Waals surface area contributed by atoms with E-state index in [0.29, 0.717) is 22.4 Å². The van der Waals surface area contributed by atoms with Crippen LogP contribution in [0, 0.1) is 0 Å². The number of rotatable bonds is 2. The van der Waals surface area contributed by atoms with Crippen LogP contribution in [-0.4, -0.2) is 29.8 Å². The molecule has 1 aliphatic heterocycles. The normalized spacial score (nSPS) is 17.3. The monoisotopic (exact) mass is 264 g/mol. The first-order valence-electron chi connectivity index (χ1n) is 5.31. The number of benzene rings is 1. The highest BCUT2D eigenvalue weighted by Crippen LogP contribution is 2.28. The molecule has 1 heterocycles. The van der Waals surface area contributed by atoms with Gasteiger partial charge >= 0.3 is 0 Å². The highest BCUT2D eigenvalue weighted by atomic mass is 32.2. The number of hydrogen-bond donors (Lipinski definition) is 0. The molecule has 1 aliphatic rings. The average molecular weight is 264 g/mol. The lowest BCUT2D eigenvalue weighted by molar-refractivity contribution is -0.115. The van der Waals surface area contributed by atoms with Crippen molar-refractivity contribution in [3.05, 3.63) is 24.3 Å². The number of amidine groups is 1. The molecule has 0 bridgehead atoms. The number of nitrogens with zero attached hydrogens (tertiary/aromatic N) is 2. The van der Waals surface area contributed by atoms with Crippen LogP contribution in [0.5, 0.6) is 5.75 Å². The summed E-state index contributed by atoms with van der Waals surface area (Å²) < 4.78 is 5.06. The molecule has 0 spiro atoms. The molecule has 1 aromatic carbocycles. The van der Waals surface area contributed by atoms with E-state index in [4.69, 9.17) is 4.74 Å². The van der Waals surface area contributed by atoms with Crippen molar-refractivity contribution in [2.24, 2.45) is 4.99 Å². The predicted molar refractivity (Wildman–Crippen MR) is 71.1 cm³/mol. The molecule has 0 unspecified atom stereocenters. The van der Waals surface area contributed by atoms with Crippen LogP contribution in [0.15, 0.2) is 29.3 Å². The van der Waals surface area contributed by atoms with Gasteiger partial charge in [-0.15, -0.1) is 0 Å². The van der Waals surface area contributed by atoms with Crippen LogP contribution in [-0.2, 0) is 9.59 Å². The molecule has 0 saturated carbocycles. The third-order valence-electron chi connectivity index (χ3n) is 2.35. The van der Waals surface area contributed by atoms with Crippen molar-refractivity contribution in [1.82, 2.24) is 0 Å². The largest absolute Gasteiger partial charge is 0.497 e. The van der Waals surface area contributed by atoms with Gasteiger partial charge in [0.2, 0.25) is 11.8 Å². The van der Waals surface area contributed by atoms with Gasteiger partial charge in [0.25, 0.3) is 0 Å². The molecular weight excluding hydrogens is 252 g/mol. The van der Waals surface area contributed by atoms with Crippen molar-refractivity contribution in [3.8, 4) is 5.75 Å². The van der Waals surface area contributed by atoms with Crippen LogP contribution in [0.3, 0.4) is 0 Å². The minimum atomic E-state index is -0.314. The van der Waals surface area contributed by atoms with E-state index < -0.39 is 0 Å². The fourth-order valence-corrected chi connectivity index (χ4v) is 2.48. The van der Waals surface area contributed by atoms with Crippen molar-refractivity contribution in [1.29, 1.82) is 0 Å². The van der Waals surface area contributed by atoms with Crippen LogP contribution < -0.4 is 9.64 Å². The summed E-state index contributed by atoms with van der Waals surface area (Å²) in [5.41, 5.74) is 0.686. The summed E-state index contributed by atoms with van der Waals surface area (Å²) in [5, 5.41) is 0.428. The molecule has 5 nitrogen and oxygen atoms in total. The number of aliphatic imine (C=N–C) groups is 1. The third kappa shape index (κ3) is 2.53. The van der Waals surface area contributed by atoms with Crippen molar-refractivity contribution < 1.29 is 14.3 Å². The van der Waals surface area contributed by atoms with E-state index in [1.807, 2.05) is 0 Å². The van der Waals surface area contributed by atoms with Crippen molar-refractivity contribution >= 4 is 34.4 Å². The zero-order valence-corrected chi connectivity index (χ0v) is 10.9. The van der Waals surface area contributed by atoms with Gasteiger partial charge in [-0.1, -0.05) is 11.8 Å². The van der Waals surface area contributed by atoms with Gasteiger partial charge in [-0.05, 0) is 24.3 Å². The number of carbonyl (C=O) groups is 2. The SMILES string of the molecule is COc1ccc(N2C(=O)CSC2=NC(C)=O)cc1. The molecule has 2 amide bonds. The average Bonchev–Trinajstić information content (AvgIpc) is 2.70. The molecule has 1 aromatic rings. The molecule has 6 heteroatoms. The van der Waals surface area contributed by atoms with Gasteiger partial charge in [-0.25, -0.2) is 0 Å². The fraction of sp³-hybridized carbons (Fsp3) is 0.250. The summed E-state index contributed by atoms with van der Waals surface area (Å²) in [6, 6.07) is 7.05. The number of thioether (sulfide) groups is 1. The first-order valence-corrected chi connectivity index (χ1v) is 6.29. The maximum atomic E-state index is 11.8. The maximum absolute atomic E-state index is 11.8. The number of hydrogen-bond acceptors (Lipinski definition) is 4. The van der Waals surface area contributed by atoms with Crippen LogP contribution in [0.4, 0.5) is 5.69 Å². The Morgan fingerprint density at radius 1 is 1.39 bits per heavy atom. The summed E-state index contributed by atoms with van der Waals surface area (Å²) in [5.74, 6) is 0.622. The quantitative estimate of drug-likeness (QED) is 0.815. The van der Waals surface area contributed by atoms with Gasteiger partial charge in [0.05, 0.1) is 18.6 Å². The van der Waals surface area contributed by atoms with Crippen molar-refractivity contribution in [2.75, 3.05) is 17.8 Å². The van der Waals surface area contributed by atoms with E-state index in [2.05, 4.69) is 4.99 Å². The Kier molecular flexibility index (Phi) is 3.66. The van der Waals surface area contributed by atoms with Crippen molar-refractivity contribution in [2.45, 2.75) is 6.92 Å². The Morgan fingerprint density at radius 3 is 2.61 bits per heavy atom. The molecule has 0 aliphatic carbocycles. The molecule has 0 atom stereocenters. The van der Waals surface area contributed by atoms with Crippen LogP contribution in [0.2, 0.25) is 0 Å².